The zero-order chi connectivity index (χ0) is 21.7. The van der Waals surface area contributed by atoms with Gasteiger partial charge in [0.15, 0.2) is 0 Å². The first-order valence-electron chi connectivity index (χ1n) is 9.93. The smallest absolute Gasteiger partial charge is 0.356 e. The van der Waals surface area contributed by atoms with Gasteiger partial charge >= 0.3 is 5.97 Å². The lowest BCUT2D eigenvalue weighted by molar-refractivity contribution is 0.0594. The molecule has 0 aliphatic heterocycles. The highest BCUT2D eigenvalue weighted by Crippen LogP contribution is 2.38. The molecule has 0 unspecified atom stereocenters. The number of fused-ring (bicyclic) bond motifs is 4. The van der Waals surface area contributed by atoms with E-state index in [0.717, 1.165) is 44.1 Å². The second-order valence-electron chi connectivity index (χ2n) is 7.49. The van der Waals surface area contributed by atoms with Crippen LogP contribution in [-0.4, -0.2) is 34.7 Å². The van der Waals surface area contributed by atoms with E-state index in [0.29, 0.717) is 5.69 Å². The van der Waals surface area contributed by atoms with Gasteiger partial charge in [-0.1, -0.05) is 6.07 Å². The molecule has 0 bridgehead atoms. The molecule has 3 heterocycles. The molecule has 5 rings (SSSR count). The molecule has 0 fully saturated rings. The van der Waals surface area contributed by atoms with Crippen LogP contribution in [0.2, 0.25) is 0 Å². The van der Waals surface area contributed by atoms with Gasteiger partial charge in [-0.3, -0.25) is 4.98 Å². The van der Waals surface area contributed by atoms with Crippen molar-refractivity contribution in [2.75, 3.05) is 14.2 Å². The number of nitrogens with zero attached hydrogens (tertiary/aromatic N) is 3. The first-order valence-corrected chi connectivity index (χ1v) is 9.93. The zero-order valence-corrected chi connectivity index (χ0v) is 17.8. The van der Waals surface area contributed by atoms with E-state index in [2.05, 4.69) is 46.7 Å². The Kier molecular flexibility index (Phi) is 4.36. The Balaban J connectivity index is 1.86. The van der Waals surface area contributed by atoms with Gasteiger partial charge in [-0.05, 0) is 60.3 Å². The molecule has 0 radical (unpaired) electrons. The maximum absolute atomic E-state index is 12.0. The highest BCUT2D eigenvalue weighted by Gasteiger charge is 2.17. The molecule has 3 aromatic heterocycles. The molecule has 0 saturated carbocycles. The summed E-state index contributed by atoms with van der Waals surface area (Å²) >= 11 is 0. The first-order chi connectivity index (χ1) is 15.0. The molecule has 6 heteroatoms. The van der Waals surface area contributed by atoms with Crippen molar-refractivity contribution in [1.82, 2.24) is 14.5 Å². The predicted molar refractivity (Wildman–Crippen MR) is 122 cm³/mol. The number of pyridine rings is 2. The third-order valence-corrected chi connectivity index (χ3v) is 5.87. The van der Waals surface area contributed by atoms with Gasteiger partial charge in [-0.2, -0.15) is 0 Å². The van der Waals surface area contributed by atoms with Crippen molar-refractivity contribution >= 4 is 38.5 Å². The van der Waals surface area contributed by atoms with E-state index in [1.807, 2.05) is 18.2 Å². The van der Waals surface area contributed by atoms with Gasteiger partial charge in [0, 0.05) is 34.9 Å². The van der Waals surface area contributed by atoms with Crippen LogP contribution in [0, 0.1) is 6.92 Å². The van der Waals surface area contributed by atoms with Gasteiger partial charge in [-0.15, -0.1) is 0 Å². The average molecular weight is 411 g/mol. The largest absolute Gasteiger partial charge is 0.497 e. The molecule has 0 N–H and O–H groups in total. The van der Waals surface area contributed by atoms with Crippen LogP contribution < -0.4 is 4.74 Å². The first kappa shape index (κ1) is 19.1. The molecule has 31 heavy (non-hydrogen) atoms. The van der Waals surface area contributed by atoms with E-state index in [1.54, 1.807) is 25.4 Å². The van der Waals surface area contributed by atoms with Crippen molar-refractivity contribution in [1.29, 1.82) is 0 Å². The van der Waals surface area contributed by atoms with Gasteiger partial charge in [0.2, 0.25) is 0 Å². The molecule has 5 aromatic rings. The van der Waals surface area contributed by atoms with Crippen LogP contribution in [-0.2, 0) is 11.8 Å². The average Bonchev–Trinajstić information content (AvgIpc) is 3.09. The molecule has 0 amide bonds. The van der Waals surface area contributed by atoms with E-state index in [9.17, 15) is 4.79 Å². The predicted octanol–water partition coefficient (Wildman–Crippen LogP) is 5.05. The molecule has 0 aliphatic rings. The van der Waals surface area contributed by atoms with Crippen LogP contribution in [0.1, 0.15) is 16.1 Å². The lowest BCUT2D eigenvalue weighted by Gasteiger charge is -2.11. The Morgan fingerprint density at radius 1 is 0.968 bits per heavy atom. The van der Waals surface area contributed by atoms with E-state index in [1.165, 1.54) is 12.6 Å². The number of benzene rings is 2. The molecular formula is C25H21N3O3. The number of rotatable bonds is 3. The zero-order valence-electron chi connectivity index (χ0n) is 17.8. The van der Waals surface area contributed by atoms with Crippen LogP contribution in [0.25, 0.3) is 44.0 Å². The monoisotopic (exact) mass is 411 g/mol. The van der Waals surface area contributed by atoms with Gasteiger partial charge in [0.1, 0.15) is 11.4 Å². The van der Waals surface area contributed by atoms with Crippen molar-refractivity contribution < 1.29 is 14.3 Å². The number of carbonyl (C=O) groups excluding carboxylic acids is 1. The number of carbonyl (C=O) groups is 1. The summed E-state index contributed by atoms with van der Waals surface area (Å²) in [6.45, 7) is 2.13. The summed E-state index contributed by atoms with van der Waals surface area (Å²) in [7, 11) is 5.11. The summed E-state index contributed by atoms with van der Waals surface area (Å²) in [6.07, 6.45) is 1.79. The van der Waals surface area contributed by atoms with Crippen molar-refractivity contribution in [3.8, 4) is 17.1 Å². The fraction of sp³-hybridized carbons (Fsp3) is 0.160. The fourth-order valence-corrected chi connectivity index (χ4v) is 4.39. The Morgan fingerprint density at radius 2 is 1.81 bits per heavy atom. The summed E-state index contributed by atoms with van der Waals surface area (Å²) < 4.78 is 12.5. The highest BCUT2D eigenvalue weighted by molar-refractivity contribution is 6.16. The Labute approximate surface area is 179 Å². The number of aromatic nitrogens is 3. The Morgan fingerprint density at radius 3 is 2.58 bits per heavy atom. The minimum absolute atomic E-state index is 0.256. The molecule has 154 valence electrons. The molecular weight excluding hydrogens is 390 g/mol. The maximum atomic E-state index is 12.0. The third-order valence-electron chi connectivity index (χ3n) is 5.87. The minimum atomic E-state index is -0.471. The van der Waals surface area contributed by atoms with Crippen LogP contribution >= 0.6 is 0 Å². The molecule has 0 aliphatic carbocycles. The van der Waals surface area contributed by atoms with Gasteiger partial charge in [0.05, 0.1) is 31.1 Å². The minimum Gasteiger partial charge on any atom is -0.497 e. The number of methoxy groups -OCH3 is 2. The van der Waals surface area contributed by atoms with E-state index < -0.39 is 5.97 Å². The molecule has 2 aromatic carbocycles. The quantitative estimate of drug-likeness (QED) is 0.389. The molecule has 0 atom stereocenters. The number of esters is 1. The summed E-state index contributed by atoms with van der Waals surface area (Å²) in [6, 6.07) is 15.6. The topological polar surface area (TPSA) is 66.2 Å². The Bertz CT molecular complexity index is 1500. The van der Waals surface area contributed by atoms with E-state index in [-0.39, 0.29) is 5.69 Å². The summed E-state index contributed by atoms with van der Waals surface area (Å²) in [5, 5.41) is 4.32. The summed E-state index contributed by atoms with van der Waals surface area (Å²) in [4.78, 5) is 21.1. The van der Waals surface area contributed by atoms with Gasteiger partial charge in [-0.25, -0.2) is 9.78 Å². The second kappa shape index (κ2) is 7.09. The SMILES string of the molecule is COC(=O)c1cccc(-c2nccc3c(C)c4c(cc23)c2cc(OC)ccc2n4C)n1. The fourth-order valence-electron chi connectivity index (χ4n) is 4.39. The standard InChI is InChI=1S/C25H21N3O3/c1-14-16-10-11-26-23(20-6-5-7-21(27-20)25(29)31-4)18(16)13-19-17-12-15(30-3)8-9-22(17)28(2)24(14)19/h5-13H,1-4H3. The van der Waals surface area contributed by atoms with Crippen LogP contribution in [0.5, 0.6) is 5.75 Å². The van der Waals surface area contributed by atoms with Gasteiger partial charge < -0.3 is 14.0 Å². The number of hydrogen-bond donors (Lipinski definition) is 0. The maximum Gasteiger partial charge on any atom is 0.356 e. The summed E-state index contributed by atoms with van der Waals surface area (Å²) in [5.74, 6) is 0.346. The van der Waals surface area contributed by atoms with Gasteiger partial charge in [0.25, 0.3) is 0 Å². The van der Waals surface area contributed by atoms with Crippen LogP contribution in [0.3, 0.4) is 0 Å². The van der Waals surface area contributed by atoms with Crippen molar-refractivity contribution in [3.05, 3.63) is 66.0 Å². The van der Waals surface area contributed by atoms with Crippen molar-refractivity contribution in [2.45, 2.75) is 6.92 Å². The van der Waals surface area contributed by atoms with Crippen LogP contribution in [0.15, 0.2) is 54.7 Å². The van der Waals surface area contributed by atoms with Crippen molar-refractivity contribution in [3.63, 3.8) is 0 Å². The van der Waals surface area contributed by atoms with E-state index >= 15 is 0 Å². The lowest BCUT2D eigenvalue weighted by atomic mass is 9.99. The molecule has 0 saturated heterocycles. The third kappa shape index (κ3) is 2.83. The number of aryl methyl sites for hydroxylation is 2. The summed E-state index contributed by atoms with van der Waals surface area (Å²) in [5.41, 5.74) is 5.08. The van der Waals surface area contributed by atoms with Crippen molar-refractivity contribution in [2.24, 2.45) is 7.05 Å². The number of ether oxygens (including phenoxy) is 2. The highest BCUT2D eigenvalue weighted by atomic mass is 16.5. The molecule has 0 spiro atoms. The molecule has 6 nitrogen and oxygen atoms in total. The second-order valence-corrected chi connectivity index (χ2v) is 7.49. The normalized spacial score (nSPS) is 11.4. The van der Waals surface area contributed by atoms with E-state index in [4.69, 9.17) is 9.47 Å². The number of hydrogen-bond acceptors (Lipinski definition) is 5. The van der Waals surface area contributed by atoms with Crippen LogP contribution in [0.4, 0.5) is 0 Å². The lowest BCUT2D eigenvalue weighted by Crippen LogP contribution is -2.05. The Hall–Kier alpha value is -3.93.